The normalized spacial score (nSPS) is 20.7. The third kappa shape index (κ3) is 3.87. The van der Waals surface area contributed by atoms with Crippen molar-refractivity contribution in [3.05, 3.63) is 40.6 Å². The minimum Gasteiger partial charge on any atom is -0.381 e. The van der Waals surface area contributed by atoms with Crippen LogP contribution >= 0.6 is 11.3 Å². The molecule has 2 aromatic heterocycles. The van der Waals surface area contributed by atoms with Gasteiger partial charge >= 0.3 is 0 Å². The number of carbonyl (C=O) groups is 1. The van der Waals surface area contributed by atoms with Gasteiger partial charge in [0, 0.05) is 31.8 Å². The van der Waals surface area contributed by atoms with Gasteiger partial charge in [0.15, 0.2) is 0 Å². The molecule has 5 nitrogen and oxygen atoms in total. The fraction of sp³-hybridized carbons (Fsp3) is 0.556. The monoisotopic (exact) mass is 345 g/mol. The number of rotatable bonds is 6. The van der Waals surface area contributed by atoms with E-state index in [9.17, 15) is 4.79 Å². The van der Waals surface area contributed by atoms with Crippen molar-refractivity contribution in [2.75, 3.05) is 19.8 Å². The van der Waals surface area contributed by atoms with E-state index in [-0.39, 0.29) is 5.91 Å². The maximum atomic E-state index is 12.7. The highest BCUT2D eigenvalue weighted by Crippen LogP contribution is 2.29. The molecule has 1 amide bonds. The minimum absolute atomic E-state index is 0.190. The molecular weight excluding hydrogens is 322 g/mol. The summed E-state index contributed by atoms with van der Waals surface area (Å²) in [6.07, 6.45) is 6.84. The number of nitrogens with zero attached hydrogens (tertiary/aromatic N) is 3. The van der Waals surface area contributed by atoms with Crippen LogP contribution in [-0.2, 0) is 29.0 Å². The van der Waals surface area contributed by atoms with Crippen molar-refractivity contribution in [1.82, 2.24) is 14.5 Å². The lowest BCUT2D eigenvalue weighted by molar-refractivity contribution is -0.131. The summed E-state index contributed by atoms with van der Waals surface area (Å²) in [5.41, 5.74) is 2.21. The third-order valence-corrected chi connectivity index (χ3v) is 5.51. The van der Waals surface area contributed by atoms with Crippen molar-refractivity contribution in [2.45, 2.75) is 32.4 Å². The Morgan fingerprint density at radius 1 is 1.29 bits per heavy atom. The number of amides is 1. The highest BCUT2D eigenvalue weighted by atomic mass is 32.1. The molecule has 24 heavy (non-hydrogen) atoms. The van der Waals surface area contributed by atoms with Crippen LogP contribution in [0.5, 0.6) is 0 Å². The van der Waals surface area contributed by atoms with Crippen LogP contribution in [0.15, 0.2) is 29.4 Å². The first-order valence-corrected chi connectivity index (χ1v) is 9.58. The fourth-order valence-electron chi connectivity index (χ4n) is 3.21. The number of imidazole rings is 1. The molecule has 4 rings (SSSR count). The number of ether oxygens (including phenoxy) is 1. The van der Waals surface area contributed by atoms with Gasteiger partial charge < -0.3 is 14.2 Å². The van der Waals surface area contributed by atoms with Gasteiger partial charge in [-0.2, -0.15) is 11.3 Å². The zero-order chi connectivity index (χ0) is 16.4. The standard InChI is InChI=1S/C18H23N3O2S/c22-18(5-15-3-4-24-12-15)20-7-16(11-23-10-14-1-2-14)8-21-13-19-6-17(21)9-20/h3-4,6,12-14,16H,1-2,5,7-11H2/t16-/m1/s1. The van der Waals surface area contributed by atoms with Crippen molar-refractivity contribution in [2.24, 2.45) is 11.8 Å². The second kappa shape index (κ2) is 7.07. The van der Waals surface area contributed by atoms with Gasteiger partial charge in [0.1, 0.15) is 0 Å². The van der Waals surface area contributed by atoms with Gasteiger partial charge in [-0.25, -0.2) is 4.98 Å². The molecule has 1 aliphatic carbocycles. The van der Waals surface area contributed by atoms with Crippen LogP contribution in [0.25, 0.3) is 0 Å². The zero-order valence-corrected chi connectivity index (χ0v) is 14.6. The second-order valence-electron chi connectivity index (χ2n) is 6.97. The van der Waals surface area contributed by atoms with E-state index in [1.165, 1.54) is 12.8 Å². The lowest BCUT2D eigenvalue weighted by atomic mass is 10.1. The van der Waals surface area contributed by atoms with Gasteiger partial charge in [-0.3, -0.25) is 4.79 Å². The Morgan fingerprint density at radius 3 is 2.96 bits per heavy atom. The van der Waals surface area contributed by atoms with Crippen LogP contribution in [-0.4, -0.2) is 40.1 Å². The van der Waals surface area contributed by atoms with E-state index in [1.807, 2.05) is 28.9 Å². The summed E-state index contributed by atoms with van der Waals surface area (Å²) in [6.45, 7) is 3.87. The Morgan fingerprint density at radius 2 is 2.17 bits per heavy atom. The number of carbonyl (C=O) groups excluding carboxylic acids is 1. The molecule has 0 aromatic carbocycles. The largest absolute Gasteiger partial charge is 0.381 e. The highest BCUT2D eigenvalue weighted by molar-refractivity contribution is 7.07. The predicted octanol–water partition coefficient (Wildman–Crippen LogP) is 2.57. The van der Waals surface area contributed by atoms with E-state index >= 15 is 0 Å². The van der Waals surface area contributed by atoms with Gasteiger partial charge in [-0.1, -0.05) is 0 Å². The van der Waals surface area contributed by atoms with E-state index in [0.717, 1.165) is 43.5 Å². The summed E-state index contributed by atoms with van der Waals surface area (Å²) < 4.78 is 8.08. The van der Waals surface area contributed by atoms with Crippen molar-refractivity contribution >= 4 is 17.2 Å². The molecule has 2 aliphatic rings. The van der Waals surface area contributed by atoms with Gasteiger partial charge in [0.05, 0.1) is 31.6 Å². The molecule has 0 N–H and O–H groups in total. The summed E-state index contributed by atoms with van der Waals surface area (Å²) in [5, 5.41) is 4.07. The molecule has 1 saturated carbocycles. The quantitative estimate of drug-likeness (QED) is 0.808. The summed E-state index contributed by atoms with van der Waals surface area (Å²) in [5.74, 6) is 1.29. The summed E-state index contributed by atoms with van der Waals surface area (Å²) in [6, 6.07) is 2.03. The van der Waals surface area contributed by atoms with Crippen molar-refractivity contribution in [3.8, 4) is 0 Å². The number of thiophene rings is 1. The fourth-order valence-corrected chi connectivity index (χ4v) is 3.88. The Balaban J connectivity index is 1.42. The van der Waals surface area contributed by atoms with Crippen LogP contribution in [0.3, 0.4) is 0 Å². The summed E-state index contributed by atoms with van der Waals surface area (Å²) >= 11 is 1.64. The average molecular weight is 345 g/mol. The van der Waals surface area contributed by atoms with Crippen molar-refractivity contribution in [3.63, 3.8) is 0 Å². The van der Waals surface area contributed by atoms with Crippen molar-refractivity contribution < 1.29 is 9.53 Å². The molecule has 0 unspecified atom stereocenters. The first-order chi connectivity index (χ1) is 11.8. The number of hydrogen-bond donors (Lipinski definition) is 0. The van der Waals surface area contributed by atoms with Crippen LogP contribution in [0.4, 0.5) is 0 Å². The molecule has 0 spiro atoms. The van der Waals surface area contributed by atoms with E-state index in [1.54, 1.807) is 11.3 Å². The Labute approximate surface area is 146 Å². The molecule has 0 radical (unpaired) electrons. The first kappa shape index (κ1) is 15.8. The molecule has 3 heterocycles. The van der Waals surface area contributed by atoms with E-state index in [4.69, 9.17) is 4.74 Å². The van der Waals surface area contributed by atoms with Gasteiger partial charge in [-0.15, -0.1) is 0 Å². The summed E-state index contributed by atoms with van der Waals surface area (Å²) in [7, 11) is 0. The van der Waals surface area contributed by atoms with Crippen LogP contribution in [0, 0.1) is 11.8 Å². The lowest BCUT2D eigenvalue weighted by Gasteiger charge is -2.24. The van der Waals surface area contributed by atoms with Crippen molar-refractivity contribution in [1.29, 1.82) is 0 Å². The molecule has 0 bridgehead atoms. The third-order valence-electron chi connectivity index (χ3n) is 4.78. The second-order valence-corrected chi connectivity index (χ2v) is 7.75. The van der Waals surface area contributed by atoms with Gasteiger partial charge in [-0.05, 0) is 41.1 Å². The Bertz CT molecular complexity index is 678. The van der Waals surface area contributed by atoms with Gasteiger partial charge in [0.2, 0.25) is 5.91 Å². The maximum absolute atomic E-state index is 12.7. The van der Waals surface area contributed by atoms with Crippen LogP contribution < -0.4 is 0 Å². The molecule has 2 aromatic rings. The van der Waals surface area contributed by atoms with E-state index < -0.39 is 0 Å². The number of aromatic nitrogens is 2. The molecule has 1 atom stereocenters. The number of fused-ring (bicyclic) bond motifs is 1. The molecule has 1 fully saturated rings. The lowest BCUT2D eigenvalue weighted by Crippen LogP contribution is -2.36. The zero-order valence-electron chi connectivity index (χ0n) is 13.8. The smallest absolute Gasteiger partial charge is 0.227 e. The molecule has 1 aliphatic heterocycles. The SMILES string of the molecule is O=C(Cc1ccsc1)N1Cc2cncn2C[C@H](COCC2CC2)C1. The molecule has 128 valence electrons. The van der Waals surface area contributed by atoms with Gasteiger partial charge in [0.25, 0.3) is 0 Å². The van der Waals surface area contributed by atoms with Crippen LogP contribution in [0.2, 0.25) is 0 Å². The van der Waals surface area contributed by atoms with Crippen LogP contribution in [0.1, 0.15) is 24.1 Å². The van der Waals surface area contributed by atoms with E-state index in [0.29, 0.717) is 18.9 Å². The van der Waals surface area contributed by atoms with E-state index in [2.05, 4.69) is 14.9 Å². The topological polar surface area (TPSA) is 47.4 Å². The molecule has 6 heteroatoms. The Kier molecular flexibility index (Phi) is 4.67. The highest BCUT2D eigenvalue weighted by Gasteiger charge is 2.27. The first-order valence-electron chi connectivity index (χ1n) is 8.63. The summed E-state index contributed by atoms with van der Waals surface area (Å²) in [4.78, 5) is 19.0. The molecule has 0 saturated heterocycles. The average Bonchev–Trinajstić information content (AvgIpc) is 3.13. The number of hydrogen-bond acceptors (Lipinski definition) is 4. The Hall–Kier alpha value is -1.66. The maximum Gasteiger partial charge on any atom is 0.227 e. The minimum atomic E-state index is 0.190. The predicted molar refractivity (Wildman–Crippen MR) is 92.7 cm³/mol. The molecular formula is C18H23N3O2S.